The van der Waals surface area contributed by atoms with Gasteiger partial charge in [-0.3, -0.25) is 0 Å². The molecule has 4 aliphatic rings. The Morgan fingerprint density at radius 1 is 0.656 bits per heavy atom. The molecule has 0 aliphatic heterocycles. The summed E-state index contributed by atoms with van der Waals surface area (Å²) in [5, 5.41) is 0. The fourth-order valence-electron chi connectivity index (χ4n) is 4.92. The Bertz CT molecular complexity index is 1220. The lowest BCUT2D eigenvalue weighted by atomic mass is 10.0. The van der Waals surface area contributed by atoms with Crippen molar-refractivity contribution in [3.63, 3.8) is 0 Å². The smallest absolute Gasteiger partial charge is 0.00758 e. The van der Waals surface area contributed by atoms with Gasteiger partial charge >= 0.3 is 0 Å². The number of rotatable bonds is 7. The first kappa shape index (κ1) is 22.1. The first-order chi connectivity index (χ1) is 15.5. The van der Waals surface area contributed by atoms with Crippen molar-refractivity contribution in [3.8, 4) is 22.3 Å². The average Bonchev–Trinajstić information content (AvgIpc) is 3.24. The standard InChI is InChI=1S/C32H34/c1-6-9-24-13-11-22(4)31-27(15-17-28(31)19-24)16-18-29-21-26(8-3)30-20-25(10-7-2)14-12-23(5)32(29)30/h8,11-21H,3,6-7,9-10H2,1-2,4-5H3/b18-16+. The van der Waals surface area contributed by atoms with Crippen LogP contribution in [-0.2, 0) is 12.8 Å². The van der Waals surface area contributed by atoms with Crippen LogP contribution in [0.3, 0.4) is 0 Å². The summed E-state index contributed by atoms with van der Waals surface area (Å²) in [5.74, 6) is 0. The van der Waals surface area contributed by atoms with Crippen LogP contribution in [-0.4, -0.2) is 0 Å². The van der Waals surface area contributed by atoms with Gasteiger partial charge in [0.05, 0.1) is 0 Å². The van der Waals surface area contributed by atoms with E-state index in [1.54, 1.807) is 0 Å². The molecule has 0 heterocycles. The summed E-state index contributed by atoms with van der Waals surface area (Å²) in [4.78, 5) is 0. The van der Waals surface area contributed by atoms with Crippen LogP contribution in [0, 0.1) is 13.8 Å². The van der Waals surface area contributed by atoms with Gasteiger partial charge in [0.15, 0.2) is 0 Å². The number of fused-ring (bicyclic) bond motifs is 2. The van der Waals surface area contributed by atoms with Gasteiger partial charge in [0.1, 0.15) is 0 Å². The largest absolute Gasteiger partial charge is 0.0984 e. The van der Waals surface area contributed by atoms with E-state index in [1.165, 1.54) is 67.6 Å². The molecular formula is C32H34. The summed E-state index contributed by atoms with van der Waals surface area (Å²) in [5.41, 5.74) is 14.6. The van der Waals surface area contributed by atoms with Gasteiger partial charge < -0.3 is 0 Å². The Kier molecular flexibility index (Phi) is 6.61. The van der Waals surface area contributed by atoms with Gasteiger partial charge in [0.2, 0.25) is 0 Å². The Morgan fingerprint density at radius 2 is 1.28 bits per heavy atom. The molecular weight excluding hydrogens is 384 g/mol. The van der Waals surface area contributed by atoms with E-state index in [0.717, 1.165) is 19.3 Å². The van der Waals surface area contributed by atoms with Crippen LogP contribution in [0.5, 0.6) is 0 Å². The molecule has 0 heteroatoms. The molecule has 0 radical (unpaired) electrons. The highest BCUT2D eigenvalue weighted by atomic mass is 14.2. The number of aryl methyl sites for hydroxylation is 4. The molecule has 162 valence electrons. The molecule has 32 heavy (non-hydrogen) atoms. The lowest BCUT2D eigenvalue weighted by molar-refractivity contribution is 0.923. The van der Waals surface area contributed by atoms with Crippen LogP contribution in [0.4, 0.5) is 0 Å². The maximum Gasteiger partial charge on any atom is -0.00758 e. The molecule has 0 N–H and O–H groups in total. The molecule has 4 aliphatic carbocycles. The third-order valence-electron chi connectivity index (χ3n) is 6.49. The molecule has 0 atom stereocenters. The van der Waals surface area contributed by atoms with E-state index < -0.39 is 0 Å². The predicted molar refractivity (Wildman–Crippen MR) is 143 cm³/mol. The van der Waals surface area contributed by atoms with E-state index in [-0.39, 0.29) is 0 Å². The zero-order valence-electron chi connectivity index (χ0n) is 20.0. The van der Waals surface area contributed by atoms with E-state index in [0.29, 0.717) is 0 Å². The van der Waals surface area contributed by atoms with Crippen molar-refractivity contribution in [2.24, 2.45) is 0 Å². The summed E-state index contributed by atoms with van der Waals surface area (Å²) in [6.45, 7) is 13.0. The second kappa shape index (κ2) is 9.57. The van der Waals surface area contributed by atoms with Gasteiger partial charge in [-0.25, -0.2) is 0 Å². The Balaban J connectivity index is 1.78. The molecule has 0 spiro atoms. The molecule has 0 saturated carbocycles. The summed E-state index contributed by atoms with van der Waals surface area (Å²) in [7, 11) is 0. The van der Waals surface area contributed by atoms with E-state index in [4.69, 9.17) is 0 Å². The van der Waals surface area contributed by atoms with E-state index >= 15 is 0 Å². The average molecular weight is 419 g/mol. The van der Waals surface area contributed by atoms with E-state index in [9.17, 15) is 0 Å². The van der Waals surface area contributed by atoms with Crippen LogP contribution < -0.4 is 0 Å². The lowest BCUT2D eigenvalue weighted by Gasteiger charge is -2.03. The maximum absolute atomic E-state index is 4.09. The maximum atomic E-state index is 4.09. The van der Waals surface area contributed by atoms with Crippen LogP contribution in [0.25, 0.3) is 40.5 Å². The third-order valence-corrected chi connectivity index (χ3v) is 6.49. The summed E-state index contributed by atoms with van der Waals surface area (Å²) in [6, 6.07) is 20.6. The van der Waals surface area contributed by atoms with Gasteiger partial charge in [-0.15, -0.1) is 0 Å². The summed E-state index contributed by atoms with van der Waals surface area (Å²) in [6.07, 6.45) is 11.1. The highest BCUT2D eigenvalue weighted by Crippen LogP contribution is 2.38. The molecule has 0 aromatic heterocycles. The second-order valence-corrected chi connectivity index (χ2v) is 8.97. The van der Waals surface area contributed by atoms with Crippen molar-refractivity contribution in [2.75, 3.05) is 0 Å². The lowest BCUT2D eigenvalue weighted by Crippen LogP contribution is -1.81. The minimum Gasteiger partial charge on any atom is -0.0984 e. The molecule has 0 saturated heterocycles. The molecule has 0 aromatic rings. The molecule has 0 fully saturated rings. The molecule has 0 amide bonds. The van der Waals surface area contributed by atoms with Crippen molar-refractivity contribution in [1.29, 1.82) is 0 Å². The zero-order valence-corrected chi connectivity index (χ0v) is 20.0. The van der Waals surface area contributed by atoms with E-state index in [2.05, 4.69) is 101 Å². The zero-order chi connectivity index (χ0) is 22.7. The van der Waals surface area contributed by atoms with Gasteiger partial charge in [-0.05, 0) is 94.0 Å². The molecule has 0 nitrogen and oxygen atoms in total. The monoisotopic (exact) mass is 418 g/mol. The second-order valence-electron chi connectivity index (χ2n) is 8.97. The highest BCUT2D eigenvalue weighted by molar-refractivity contribution is 5.93. The van der Waals surface area contributed by atoms with Crippen LogP contribution in [0.1, 0.15) is 65.6 Å². The number of hydrogen-bond donors (Lipinski definition) is 0. The third kappa shape index (κ3) is 4.28. The van der Waals surface area contributed by atoms with Gasteiger partial charge in [0.25, 0.3) is 0 Å². The van der Waals surface area contributed by atoms with Crippen LogP contribution in [0.15, 0.2) is 61.2 Å². The van der Waals surface area contributed by atoms with Crippen LogP contribution >= 0.6 is 0 Å². The molecule has 0 bridgehead atoms. The van der Waals surface area contributed by atoms with Crippen LogP contribution in [0.2, 0.25) is 0 Å². The predicted octanol–water partition coefficient (Wildman–Crippen LogP) is 9.23. The topological polar surface area (TPSA) is 0 Å². The van der Waals surface area contributed by atoms with Crippen molar-refractivity contribution in [1.82, 2.24) is 0 Å². The van der Waals surface area contributed by atoms with Crippen molar-refractivity contribution < 1.29 is 0 Å². The van der Waals surface area contributed by atoms with Gasteiger partial charge in [-0.1, -0.05) is 100 Å². The van der Waals surface area contributed by atoms with Gasteiger partial charge in [-0.2, -0.15) is 0 Å². The molecule has 0 unspecified atom stereocenters. The minimum absolute atomic E-state index is 1.10. The summed E-state index contributed by atoms with van der Waals surface area (Å²) >= 11 is 0. The molecule has 0 aromatic carbocycles. The summed E-state index contributed by atoms with van der Waals surface area (Å²) < 4.78 is 0. The molecule has 4 rings (SSSR count). The van der Waals surface area contributed by atoms with Gasteiger partial charge in [0, 0.05) is 0 Å². The quantitative estimate of drug-likeness (QED) is 0.280. The van der Waals surface area contributed by atoms with Crippen molar-refractivity contribution >= 4 is 18.2 Å². The Hall–Kier alpha value is -3.12. The van der Waals surface area contributed by atoms with Crippen molar-refractivity contribution in [3.05, 3.63) is 100 Å². The highest BCUT2D eigenvalue weighted by Gasteiger charge is 2.16. The SMILES string of the molecule is C=Cc1cc(/C=C/c2ccc3cc(CCC)ccc(C)c2-3)c2c(C)ccc(CCC)cc1-2. The first-order valence-electron chi connectivity index (χ1n) is 11.9. The van der Waals surface area contributed by atoms with Crippen molar-refractivity contribution in [2.45, 2.75) is 53.4 Å². The first-order valence-corrected chi connectivity index (χ1v) is 11.9. The fourth-order valence-corrected chi connectivity index (χ4v) is 4.92. The van der Waals surface area contributed by atoms with E-state index in [1.807, 2.05) is 6.08 Å². The number of hydrogen-bond acceptors (Lipinski definition) is 0. The minimum atomic E-state index is 1.10. The normalized spacial score (nSPS) is 11.6. The Morgan fingerprint density at radius 3 is 1.94 bits per heavy atom. The Labute approximate surface area is 194 Å². The fraction of sp³-hybridized carbons (Fsp3) is 0.250.